The third-order valence-electron chi connectivity index (χ3n) is 2.68. The molecule has 0 atom stereocenters. The maximum Gasteiger partial charge on any atom is 0.118 e. The lowest BCUT2D eigenvalue weighted by atomic mass is 10.0. The van der Waals surface area contributed by atoms with Crippen LogP contribution in [0.15, 0.2) is 47.4 Å². The lowest BCUT2D eigenvalue weighted by Crippen LogP contribution is -1.81. The quantitative estimate of drug-likeness (QED) is 0.584. The minimum absolute atomic E-state index is 0.354. The normalized spacial score (nSPS) is 8.52. The second kappa shape index (κ2) is 15.5. The van der Waals surface area contributed by atoms with E-state index >= 15 is 0 Å². The van der Waals surface area contributed by atoms with Crippen LogP contribution in [-0.4, -0.2) is 10.9 Å². The van der Waals surface area contributed by atoms with Crippen LogP contribution in [0.1, 0.15) is 54.0 Å². The Morgan fingerprint density at radius 2 is 1.39 bits per heavy atom. The Labute approximate surface area is 148 Å². The van der Waals surface area contributed by atoms with Gasteiger partial charge in [-0.3, -0.25) is 0 Å². The van der Waals surface area contributed by atoms with Gasteiger partial charge in [-0.1, -0.05) is 66.7 Å². The topological polar surface area (TPSA) is 20.2 Å². The van der Waals surface area contributed by atoms with Gasteiger partial charge in [-0.25, -0.2) is 0 Å². The molecular formula is C21H34OS. The molecule has 0 aliphatic carbocycles. The first kappa shape index (κ1) is 23.9. The average Bonchev–Trinajstić information content (AvgIpc) is 2.63. The van der Waals surface area contributed by atoms with Crippen LogP contribution in [-0.2, 0) is 0 Å². The Morgan fingerprint density at radius 1 is 0.826 bits per heavy atom. The second-order valence-electron chi connectivity index (χ2n) is 3.96. The molecule has 0 saturated heterocycles. The fourth-order valence-corrected chi connectivity index (χ4v) is 2.49. The molecule has 1 N–H and O–H groups in total. The van der Waals surface area contributed by atoms with Crippen LogP contribution in [0.3, 0.4) is 0 Å². The summed E-state index contributed by atoms with van der Waals surface area (Å²) in [7, 11) is 0. The van der Waals surface area contributed by atoms with Crippen molar-refractivity contribution in [1.82, 2.24) is 0 Å². The summed E-state index contributed by atoms with van der Waals surface area (Å²) in [6, 6.07) is 14.2. The molecule has 1 nitrogen and oxygen atoms in total. The Morgan fingerprint density at radius 3 is 1.91 bits per heavy atom. The van der Waals surface area contributed by atoms with Crippen molar-refractivity contribution in [2.45, 2.75) is 60.3 Å². The Balaban J connectivity index is 0. The van der Waals surface area contributed by atoms with Crippen LogP contribution in [0.4, 0.5) is 0 Å². The van der Waals surface area contributed by atoms with Gasteiger partial charge in [0, 0.05) is 4.90 Å². The van der Waals surface area contributed by atoms with E-state index in [0.717, 1.165) is 16.9 Å². The highest BCUT2D eigenvalue weighted by Gasteiger charge is 2.02. The number of hydrogen-bond acceptors (Lipinski definition) is 2. The highest BCUT2D eigenvalue weighted by Crippen LogP contribution is 2.28. The second-order valence-corrected chi connectivity index (χ2v) is 5.30. The number of aromatic hydroxyl groups is 1. The van der Waals surface area contributed by atoms with Crippen molar-refractivity contribution in [3.63, 3.8) is 0 Å². The number of benzene rings is 2. The minimum atomic E-state index is 0.354. The van der Waals surface area contributed by atoms with Crippen LogP contribution in [0, 0.1) is 6.92 Å². The summed E-state index contributed by atoms with van der Waals surface area (Å²) < 4.78 is 0. The van der Waals surface area contributed by atoms with Gasteiger partial charge >= 0.3 is 0 Å². The van der Waals surface area contributed by atoms with E-state index in [1.54, 1.807) is 6.07 Å². The number of hydrogen-bond donors (Lipinski definition) is 1. The average molecular weight is 335 g/mol. The smallest absolute Gasteiger partial charge is 0.118 e. The van der Waals surface area contributed by atoms with Crippen molar-refractivity contribution in [2.24, 2.45) is 0 Å². The first-order valence-electron chi connectivity index (χ1n) is 8.73. The van der Waals surface area contributed by atoms with Crippen molar-refractivity contribution in [3.8, 4) is 16.9 Å². The summed E-state index contributed by atoms with van der Waals surface area (Å²) in [4.78, 5) is 1.29. The van der Waals surface area contributed by atoms with E-state index < -0.39 is 0 Å². The summed E-state index contributed by atoms with van der Waals surface area (Å²) in [5, 5.41) is 9.53. The molecule has 0 saturated carbocycles. The maximum atomic E-state index is 9.53. The summed E-state index contributed by atoms with van der Waals surface area (Å²) in [6.45, 7) is 16.1. The van der Waals surface area contributed by atoms with Crippen molar-refractivity contribution < 1.29 is 5.11 Å². The molecule has 0 unspecified atom stereocenters. The summed E-state index contributed by atoms with van der Waals surface area (Å²) >= 11 is 1.84. The Hall–Kier alpha value is -1.41. The van der Waals surface area contributed by atoms with Gasteiger partial charge in [-0.2, -0.15) is 0 Å². The summed E-state index contributed by atoms with van der Waals surface area (Å²) in [6.07, 6.45) is 0. The van der Waals surface area contributed by atoms with Gasteiger partial charge in [0.2, 0.25) is 0 Å². The molecule has 0 aliphatic rings. The van der Waals surface area contributed by atoms with E-state index in [1.165, 1.54) is 10.5 Å². The van der Waals surface area contributed by atoms with E-state index in [4.69, 9.17) is 0 Å². The zero-order valence-corrected chi connectivity index (χ0v) is 16.9. The highest BCUT2D eigenvalue weighted by molar-refractivity contribution is 7.99. The third-order valence-corrected chi connectivity index (χ3v) is 3.55. The van der Waals surface area contributed by atoms with Crippen LogP contribution in [0.5, 0.6) is 5.75 Å². The number of thioether (sulfide) groups is 1. The van der Waals surface area contributed by atoms with Gasteiger partial charge in [-0.05, 0) is 53.6 Å². The summed E-state index contributed by atoms with van der Waals surface area (Å²) in [5.74, 6) is 1.44. The van der Waals surface area contributed by atoms with Crippen LogP contribution < -0.4 is 0 Å². The van der Waals surface area contributed by atoms with E-state index in [1.807, 2.05) is 72.4 Å². The zero-order chi connectivity index (χ0) is 18.3. The molecule has 0 amide bonds. The van der Waals surface area contributed by atoms with E-state index in [2.05, 4.69) is 31.2 Å². The van der Waals surface area contributed by atoms with Gasteiger partial charge < -0.3 is 5.11 Å². The molecule has 2 rings (SSSR count). The first-order valence-corrected chi connectivity index (χ1v) is 9.72. The molecular weight excluding hydrogens is 300 g/mol. The van der Waals surface area contributed by atoms with Crippen LogP contribution in [0.2, 0.25) is 0 Å². The molecule has 0 aliphatic heterocycles. The van der Waals surface area contributed by atoms with Crippen LogP contribution in [0.25, 0.3) is 11.1 Å². The molecule has 2 heteroatoms. The fourth-order valence-electron chi connectivity index (χ4n) is 1.77. The molecule has 0 radical (unpaired) electrons. The predicted molar refractivity (Wildman–Crippen MR) is 109 cm³/mol. The molecule has 0 spiro atoms. The van der Waals surface area contributed by atoms with E-state index in [9.17, 15) is 5.11 Å². The first-order chi connectivity index (χ1) is 11.2. The SMILES string of the molecule is CC.CC.CC.CCSc1cccc(-c2ccc(O)c(C)c2)c1. The van der Waals surface area contributed by atoms with Crippen molar-refractivity contribution in [3.05, 3.63) is 48.0 Å². The number of phenols is 1. The summed E-state index contributed by atoms with van der Waals surface area (Å²) in [5.41, 5.74) is 3.27. The molecule has 23 heavy (non-hydrogen) atoms. The fraction of sp³-hybridized carbons (Fsp3) is 0.429. The van der Waals surface area contributed by atoms with Crippen molar-refractivity contribution >= 4 is 11.8 Å². The highest BCUT2D eigenvalue weighted by atomic mass is 32.2. The molecule has 2 aromatic carbocycles. The van der Waals surface area contributed by atoms with E-state index in [0.29, 0.717) is 5.75 Å². The Kier molecular flexibility index (Phi) is 16.1. The number of aryl methyl sites for hydroxylation is 1. The minimum Gasteiger partial charge on any atom is -0.508 e. The zero-order valence-electron chi connectivity index (χ0n) is 16.1. The monoisotopic (exact) mass is 334 g/mol. The van der Waals surface area contributed by atoms with Crippen molar-refractivity contribution in [1.29, 1.82) is 0 Å². The lowest BCUT2D eigenvalue weighted by molar-refractivity contribution is 0.471. The van der Waals surface area contributed by atoms with Gasteiger partial charge in [0.15, 0.2) is 0 Å². The third kappa shape index (κ3) is 8.71. The number of rotatable bonds is 3. The van der Waals surface area contributed by atoms with Gasteiger partial charge in [0.25, 0.3) is 0 Å². The van der Waals surface area contributed by atoms with E-state index in [-0.39, 0.29) is 0 Å². The molecule has 0 fully saturated rings. The van der Waals surface area contributed by atoms with Gasteiger partial charge in [0.05, 0.1) is 0 Å². The molecule has 130 valence electrons. The largest absolute Gasteiger partial charge is 0.508 e. The maximum absolute atomic E-state index is 9.53. The molecule has 2 aromatic rings. The van der Waals surface area contributed by atoms with Crippen molar-refractivity contribution in [2.75, 3.05) is 5.75 Å². The molecule has 0 heterocycles. The molecule has 0 aromatic heterocycles. The number of phenolic OH excluding ortho intramolecular Hbond substituents is 1. The standard InChI is InChI=1S/C15H16OS.3C2H6/c1-3-17-14-6-4-5-12(10-14)13-7-8-15(16)11(2)9-13;3*1-2/h4-10,16H,3H2,1-2H3;3*1-2H3. The van der Waals surface area contributed by atoms with Crippen LogP contribution >= 0.6 is 11.8 Å². The van der Waals surface area contributed by atoms with Gasteiger partial charge in [-0.15, -0.1) is 11.8 Å². The lowest BCUT2D eigenvalue weighted by Gasteiger charge is -2.06. The predicted octanol–water partition coefficient (Wildman–Crippen LogP) is 7.56. The molecule has 0 bridgehead atoms. The van der Waals surface area contributed by atoms with Gasteiger partial charge in [0.1, 0.15) is 5.75 Å². The Bertz CT molecular complexity index is 521.